The van der Waals surface area contributed by atoms with Crippen molar-refractivity contribution in [3.05, 3.63) is 18.5 Å². The Morgan fingerprint density at radius 2 is 1.82 bits per heavy atom. The molecule has 1 aromatic heterocycles. The molecule has 122 valence electrons. The molecule has 2 rings (SSSR count). The van der Waals surface area contributed by atoms with Gasteiger partial charge in [0.2, 0.25) is 11.9 Å². The van der Waals surface area contributed by atoms with Gasteiger partial charge in [-0.3, -0.25) is 4.79 Å². The number of piperazine rings is 1. The van der Waals surface area contributed by atoms with Gasteiger partial charge in [-0.15, -0.1) is 0 Å². The van der Waals surface area contributed by atoms with Gasteiger partial charge >= 0.3 is 0 Å². The molecule has 1 aliphatic heterocycles. The van der Waals surface area contributed by atoms with Crippen molar-refractivity contribution < 1.29 is 13.2 Å². The molecule has 1 N–H and O–H groups in total. The fourth-order valence-electron chi connectivity index (χ4n) is 2.00. The molecule has 1 fully saturated rings. The maximum absolute atomic E-state index is 12.0. The normalized spacial score (nSPS) is 16.1. The van der Waals surface area contributed by atoms with E-state index >= 15 is 0 Å². The van der Waals surface area contributed by atoms with E-state index in [9.17, 15) is 13.2 Å². The molecule has 0 spiro atoms. The number of nitrogens with zero attached hydrogens (tertiary/aromatic N) is 5. The smallest absolute Gasteiger partial charge is 0.279 e. The first-order chi connectivity index (χ1) is 10.4. The third kappa shape index (κ3) is 4.12. The highest BCUT2D eigenvalue weighted by Crippen LogP contribution is 2.09. The van der Waals surface area contributed by atoms with Crippen LogP contribution in [0.15, 0.2) is 18.5 Å². The van der Waals surface area contributed by atoms with Crippen molar-refractivity contribution in [3.63, 3.8) is 0 Å². The third-order valence-electron chi connectivity index (χ3n) is 3.35. The summed E-state index contributed by atoms with van der Waals surface area (Å²) in [6, 6.07) is 1.75. The molecule has 0 aliphatic carbocycles. The Bertz CT molecular complexity index is 599. The maximum Gasteiger partial charge on any atom is 0.279 e. The van der Waals surface area contributed by atoms with Crippen LogP contribution in [-0.4, -0.2) is 80.3 Å². The van der Waals surface area contributed by atoms with E-state index in [0.29, 0.717) is 32.1 Å². The number of carbonyl (C=O) groups is 1. The minimum Gasteiger partial charge on any atom is -0.338 e. The van der Waals surface area contributed by atoms with Gasteiger partial charge in [0.25, 0.3) is 10.2 Å². The largest absolute Gasteiger partial charge is 0.338 e. The SMILES string of the molecule is CN(C)S(=O)(=O)NCC(=O)N1CCN(c2ncccn2)CC1. The van der Waals surface area contributed by atoms with Crippen molar-refractivity contribution in [3.8, 4) is 0 Å². The van der Waals surface area contributed by atoms with Gasteiger partial charge in [0.1, 0.15) is 0 Å². The van der Waals surface area contributed by atoms with Crippen LogP contribution in [0.1, 0.15) is 0 Å². The Morgan fingerprint density at radius 3 is 2.36 bits per heavy atom. The van der Waals surface area contributed by atoms with Gasteiger partial charge in [0, 0.05) is 52.7 Å². The summed E-state index contributed by atoms with van der Waals surface area (Å²) in [4.78, 5) is 24.0. The summed E-state index contributed by atoms with van der Waals surface area (Å²) in [5.41, 5.74) is 0. The van der Waals surface area contributed by atoms with Gasteiger partial charge in [0.15, 0.2) is 0 Å². The zero-order chi connectivity index (χ0) is 16.2. The predicted octanol–water partition coefficient (Wildman–Crippen LogP) is -1.48. The average Bonchev–Trinajstić information content (AvgIpc) is 2.53. The predicted molar refractivity (Wildman–Crippen MR) is 81.4 cm³/mol. The van der Waals surface area contributed by atoms with Crippen LogP contribution in [0, 0.1) is 0 Å². The molecule has 0 saturated carbocycles. The Labute approximate surface area is 130 Å². The topological polar surface area (TPSA) is 98.7 Å². The zero-order valence-electron chi connectivity index (χ0n) is 12.6. The fourth-order valence-corrected chi connectivity index (χ4v) is 2.57. The molecule has 0 radical (unpaired) electrons. The van der Waals surface area contributed by atoms with Gasteiger partial charge < -0.3 is 9.80 Å². The zero-order valence-corrected chi connectivity index (χ0v) is 13.5. The van der Waals surface area contributed by atoms with Crippen molar-refractivity contribution in [2.45, 2.75) is 0 Å². The lowest BCUT2D eigenvalue weighted by atomic mass is 10.3. The van der Waals surface area contributed by atoms with Gasteiger partial charge in [-0.05, 0) is 6.07 Å². The third-order valence-corrected chi connectivity index (χ3v) is 4.82. The number of nitrogens with one attached hydrogen (secondary N) is 1. The van der Waals surface area contributed by atoms with Crippen LogP contribution >= 0.6 is 0 Å². The minimum absolute atomic E-state index is 0.234. The summed E-state index contributed by atoms with van der Waals surface area (Å²) >= 11 is 0. The highest BCUT2D eigenvalue weighted by atomic mass is 32.2. The van der Waals surface area contributed by atoms with E-state index in [1.165, 1.54) is 14.1 Å². The first-order valence-electron chi connectivity index (χ1n) is 6.87. The number of hydrogen-bond donors (Lipinski definition) is 1. The van der Waals surface area contributed by atoms with E-state index < -0.39 is 10.2 Å². The van der Waals surface area contributed by atoms with Crippen LogP contribution in [0.4, 0.5) is 5.95 Å². The maximum atomic E-state index is 12.0. The van der Waals surface area contributed by atoms with Crippen molar-refractivity contribution in [1.29, 1.82) is 0 Å². The first-order valence-corrected chi connectivity index (χ1v) is 8.31. The Balaban J connectivity index is 1.83. The summed E-state index contributed by atoms with van der Waals surface area (Å²) in [5.74, 6) is 0.405. The molecule has 1 aliphatic rings. The van der Waals surface area contributed by atoms with Gasteiger partial charge in [0.05, 0.1) is 6.54 Å². The molecule has 0 bridgehead atoms. The van der Waals surface area contributed by atoms with Gasteiger partial charge in [-0.1, -0.05) is 0 Å². The lowest BCUT2D eigenvalue weighted by Crippen LogP contribution is -2.52. The number of aromatic nitrogens is 2. The van der Waals surface area contributed by atoms with Gasteiger partial charge in [-0.25, -0.2) is 9.97 Å². The molecule has 1 saturated heterocycles. The van der Waals surface area contributed by atoms with Crippen molar-refractivity contribution >= 4 is 22.1 Å². The summed E-state index contributed by atoms with van der Waals surface area (Å²) < 4.78 is 26.4. The van der Waals surface area contributed by atoms with Crippen molar-refractivity contribution in [2.24, 2.45) is 0 Å². The molecule has 0 aromatic carbocycles. The lowest BCUT2D eigenvalue weighted by molar-refractivity contribution is -0.130. The summed E-state index contributed by atoms with van der Waals surface area (Å²) in [5, 5.41) is 0. The van der Waals surface area contributed by atoms with Crippen LogP contribution in [-0.2, 0) is 15.0 Å². The second-order valence-electron chi connectivity index (χ2n) is 5.03. The van der Waals surface area contributed by atoms with Crippen molar-refractivity contribution in [1.82, 2.24) is 23.9 Å². The Kier molecular flexibility index (Phi) is 5.27. The molecule has 0 atom stereocenters. The van der Waals surface area contributed by atoms with E-state index in [0.717, 1.165) is 4.31 Å². The van der Waals surface area contributed by atoms with E-state index in [-0.39, 0.29) is 12.5 Å². The van der Waals surface area contributed by atoms with E-state index in [1.54, 1.807) is 23.4 Å². The highest BCUT2D eigenvalue weighted by molar-refractivity contribution is 7.87. The van der Waals surface area contributed by atoms with Crippen LogP contribution < -0.4 is 9.62 Å². The van der Waals surface area contributed by atoms with Crippen LogP contribution in [0.3, 0.4) is 0 Å². The monoisotopic (exact) mass is 328 g/mol. The van der Waals surface area contributed by atoms with Gasteiger partial charge in [-0.2, -0.15) is 17.4 Å². The summed E-state index contributed by atoms with van der Waals surface area (Å²) in [7, 11) is -0.764. The number of amides is 1. The van der Waals surface area contributed by atoms with Crippen molar-refractivity contribution in [2.75, 3.05) is 51.7 Å². The number of hydrogen-bond acceptors (Lipinski definition) is 6. The average molecular weight is 328 g/mol. The number of carbonyl (C=O) groups excluding carboxylic acids is 1. The summed E-state index contributed by atoms with van der Waals surface area (Å²) in [6.45, 7) is 2.04. The number of anilines is 1. The highest BCUT2D eigenvalue weighted by Gasteiger charge is 2.23. The molecular formula is C12H20N6O3S. The summed E-state index contributed by atoms with van der Waals surface area (Å²) in [6.07, 6.45) is 3.35. The first kappa shape index (κ1) is 16.6. The van der Waals surface area contributed by atoms with Crippen LogP contribution in [0.25, 0.3) is 0 Å². The number of rotatable bonds is 5. The van der Waals surface area contributed by atoms with E-state index in [4.69, 9.17) is 0 Å². The standard InChI is InChI=1S/C12H20N6O3S/c1-16(2)22(20,21)15-10-11(19)17-6-8-18(9-7-17)12-13-4-3-5-14-12/h3-5,15H,6-10H2,1-2H3. The molecular weight excluding hydrogens is 308 g/mol. The molecule has 10 heteroatoms. The fraction of sp³-hybridized carbons (Fsp3) is 0.583. The molecule has 0 unspecified atom stereocenters. The molecule has 22 heavy (non-hydrogen) atoms. The molecule has 2 heterocycles. The Morgan fingerprint density at radius 1 is 1.23 bits per heavy atom. The second-order valence-corrected chi connectivity index (χ2v) is 6.99. The van der Waals surface area contributed by atoms with E-state index in [1.807, 2.05) is 4.90 Å². The molecule has 1 aromatic rings. The second kappa shape index (κ2) is 6.99. The Hall–Kier alpha value is -1.78. The molecule has 9 nitrogen and oxygen atoms in total. The lowest BCUT2D eigenvalue weighted by Gasteiger charge is -2.34. The van der Waals surface area contributed by atoms with Crippen LogP contribution in [0.2, 0.25) is 0 Å². The van der Waals surface area contributed by atoms with Crippen LogP contribution in [0.5, 0.6) is 0 Å². The minimum atomic E-state index is -3.58. The van der Waals surface area contributed by atoms with E-state index in [2.05, 4.69) is 14.7 Å². The molecule has 1 amide bonds. The quantitative estimate of drug-likeness (QED) is 0.708.